The van der Waals surface area contributed by atoms with Crippen molar-refractivity contribution >= 4 is 37.5 Å². The fourth-order valence-electron chi connectivity index (χ4n) is 1.88. The second kappa shape index (κ2) is 6.44. The highest BCUT2D eigenvalue weighted by Gasteiger charge is 2.02. The monoisotopic (exact) mass is 383 g/mol. The first-order valence-electron chi connectivity index (χ1n) is 5.92. The summed E-state index contributed by atoms with van der Waals surface area (Å²) in [5.41, 5.74) is 3.46. The fourth-order valence-corrected chi connectivity index (χ4v) is 3.07. The molecule has 0 aromatic heterocycles. The van der Waals surface area contributed by atoms with Gasteiger partial charge in [-0.2, -0.15) is 0 Å². The van der Waals surface area contributed by atoms with Crippen molar-refractivity contribution in [3.05, 3.63) is 56.5 Å². The molecular weight excluding hydrogens is 370 g/mol. The van der Waals surface area contributed by atoms with Gasteiger partial charge in [0.05, 0.1) is 7.11 Å². The van der Waals surface area contributed by atoms with Crippen LogP contribution in [-0.2, 0) is 6.54 Å². The van der Waals surface area contributed by atoms with Gasteiger partial charge >= 0.3 is 0 Å². The third-order valence-electron chi connectivity index (χ3n) is 2.87. The summed E-state index contributed by atoms with van der Waals surface area (Å²) in [6.45, 7) is 2.84. The van der Waals surface area contributed by atoms with E-state index in [1.165, 1.54) is 5.56 Å². The van der Waals surface area contributed by atoms with E-state index in [-0.39, 0.29) is 0 Å². The average Bonchev–Trinajstić information content (AvgIpc) is 2.38. The van der Waals surface area contributed by atoms with Gasteiger partial charge < -0.3 is 10.1 Å². The van der Waals surface area contributed by atoms with E-state index in [1.807, 2.05) is 24.3 Å². The molecule has 2 nitrogen and oxygen atoms in total. The summed E-state index contributed by atoms with van der Waals surface area (Å²) >= 11 is 6.99. The first-order valence-corrected chi connectivity index (χ1v) is 7.51. The summed E-state index contributed by atoms with van der Waals surface area (Å²) in [6, 6.07) is 12.3. The standard InChI is InChI=1S/C15H15Br2NO/c1-10-7-11(3-6-15(10)19-2)9-18-14-5-4-12(16)8-13(14)17/h3-8,18H,9H2,1-2H3. The topological polar surface area (TPSA) is 21.3 Å². The molecule has 1 N–H and O–H groups in total. The Bertz CT molecular complexity index is 584. The number of nitrogens with one attached hydrogen (secondary N) is 1. The molecule has 0 atom stereocenters. The van der Waals surface area contributed by atoms with Crippen LogP contribution in [0.2, 0.25) is 0 Å². The second-order valence-corrected chi connectivity index (χ2v) is 6.05. The van der Waals surface area contributed by atoms with Crippen LogP contribution in [0, 0.1) is 6.92 Å². The lowest BCUT2D eigenvalue weighted by Gasteiger charge is -2.11. The van der Waals surface area contributed by atoms with Crippen LogP contribution in [0.25, 0.3) is 0 Å². The van der Waals surface area contributed by atoms with Crippen molar-refractivity contribution < 1.29 is 4.74 Å². The molecule has 0 amide bonds. The number of hydrogen-bond acceptors (Lipinski definition) is 2. The van der Waals surface area contributed by atoms with E-state index in [9.17, 15) is 0 Å². The first kappa shape index (κ1) is 14.4. The van der Waals surface area contributed by atoms with Gasteiger partial charge in [-0.15, -0.1) is 0 Å². The minimum atomic E-state index is 0.783. The average molecular weight is 385 g/mol. The molecule has 0 radical (unpaired) electrons. The molecule has 2 aromatic rings. The van der Waals surface area contributed by atoms with Crippen molar-refractivity contribution in [3.63, 3.8) is 0 Å². The zero-order valence-electron chi connectivity index (χ0n) is 10.8. The summed E-state index contributed by atoms with van der Waals surface area (Å²) in [5.74, 6) is 0.925. The number of benzene rings is 2. The molecule has 0 spiro atoms. The highest BCUT2D eigenvalue weighted by molar-refractivity contribution is 9.11. The lowest BCUT2D eigenvalue weighted by Crippen LogP contribution is -2.00. The molecule has 2 aromatic carbocycles. The molecule has 0 saturated heterocycles. The van der Waals surface area contributed by atoms with E-state index in [4.69, 9.17) is 4.74 Å². The number of methoxy groups -OCH3 is 1. The number of anilines is 1. The van der Waals surface area contributed by atoms with Crippen LogP contribution in [0.1, 0.15) is 11.1 Å². The molecule has 0 aliphatic carbocycles. The largest absolute Gasteiger partial charge is 0.496 e. The molecule has 4 heteroatoms. The van der Waals surface area contributed by atoms with Crippen LogP contribution in [0.15, 0.2) is 45.3 Å². The highest BCUT2D eigenvalue weighted by Crippen LogP contribution is 2.27. The van der Waals surface area contributed by atoms with Gasteiger partial charge in [-0.25, -0.2) is 0 Å². The minimum Gasteiger partial charge on any atom is -0.496 e. The van der Waals surface area contributed by atoms with Crippen LogP contribution in [0.5, 0.6) is 5.75 Å². The van der Waals surface area contributed by atoms with E-state index in [0.29, 0.717) is 0 Å². The van der Waals surface area contributed by atoms with Gasteiger partial charge in [0.25, 0.3) is 0 Å². The summed E-state index contributed by atoms with van der Waals surface area (Å²) in [4.78, 5) is 0. The normalized spacial score (nSPS) is 10.3. The third kappa shape index (κ3) is 3.74. The predicted octanol–water partition coefficient (Wildman–Crippen LogP) is 5.14. The Morgan fingerprint density at radius 2 is 1.89 bits per heavy atom. The van der Waals surface area contributed by atoms with Crippen LogP contribution in [0.4, 0.5) is 5.69 Å². The van der Waals surface area contributed by atoms with Crippen molar-refractivity contribution in [1.29, 1.82) is 0 Å². The Kier molecular flexibility index (Phi) is 4.88. The molecule has 0 aliphatic rings. The molecule has 0 fully saturated rings. The molecule has 0 bridgehead atoms. The summed E-state index contributed by atoms with van der Waals surface area (Å²) < 4.78 is 7.37. The number of hydrogen-bond donors (Lipinski definition) is 1. The maximum atomic E-state index is 5.26. The Balaban J connectivity index is 2.08. The minimum absolute atomic E-state index is 0.783. The third-order valence-corrected chi connectivity index (χ3v) is 4.02. The highest BCUT2D eigenvalue weighted by atomic mass is 79.9. The Morgan fingerprint density at radius 3 is 2.53 bits per heavy atom. The fraction of sp³-hybridized carbons (Fsp3) is 0.200. The zero-order chi connectivity index (χ0) is 13.8. The summed E-state index contributed by atoms with van der Waals surface area (Å²) in [6.07, 6.45) is 0. The van der Waals surface area contributed by atoms with E-state index < -0.39 is 0 Å². The summed E-state index contributed by atoms with van der Waals surface area (Å²) in [5, 5.41) is 3.41. The maximum Gasteiger partial charge on any atom is 0.121 e. The smallest absolute Gasteiger partial charge is 0.121 e. The molecule has 0 saturated carbocycles. The lowest BCUT2D eigenvalue weighted by molar-refractivity contribution is 0.411. The van der Waals surface area contributed by atoms with Gasteiger partial charge in [-0.1, -0.05) is 28.1 Å². The number of aryl methyl sites for hydroxylation is 1. The van der Waals surface area contributed by atoms with Gasteiger partial charge in [0.2, 0.25) is 0 Å². The molecule has 0 aliphatic heterocycles. The van der Waals surface area contributed by atoms with E-state index in [0.717, 1.165) is 32.5 Å². The molecule has 0 heterocycles. The van der Waals surface area contributed by atoms with Crippen LogP contribution in [0.3, 0.4) is 0 Å². The van der Waals surface area contributed by atoms with Crippen molar-refractivity contribution in [2.75, 3.05) is 12.4 Å². The van der Waals surface area contributed by atoms with Crippen molar-refractivity contribution in [1.82, 2.24) is 0 Å². The van der Waals surface area contributed by atoms with Gasteiger partial charge in [-0.3, -0.25) is 0 Å². The lowest BCUT2D eigenvalue weighted by atomic mass is 10.1. The number of ether oxygens (including phenoxy) is 1. The maximum absolute atomic E-state index is 5.26. The van der Waals surface area contributed by atoms with Gasteiger partial charge in [0, 0.05) is 21.2 Å². The Morgan fingerprint density at radius 1 is 1.11 bits per heavy atom. The quantitative estimate of drug-likeness (QED) is 0.787. The molecular formula is C15H15Br2NO. The van der Waals surface area contributed by atoms with Crippen molar-refractivity contribution in [2.45, 2.75) is 13.5 Å². The first-order chi connectivity index (χ1) is 9.10. The van der Waals surface area contributed by atoms with Crippen LogP contribution in [-0.4, -0.2) is 7.11 Å². The number of halogens is 2. The van der Waals surface area contributed by atoms with E-state index >= 15 is 0 Å². The van der Waals surface area contributed by atoms with Crippen molar-refractivity contribution in [2.24, 2.45) is 0 Å². The summed E-state index contributed by atoms with van der Waals surface area (Å²) in [7, 11) is 1.69. The zero-order valence-corrected chi connectivity index (χ0v) is 14.0. The number of rotatable bonds is 4. The van der Waals surface area contributed by atoms with Gasteiger partial charge in [0.15, 0.2) is 0 Å². The van der Waals surface area contributed by atoms with E-state index in [2.05, 4.69) is 56.2 Å². The van der Waals surface area contributed by atoms with Crippen LogP contribution >= 0.6 is 31.9 Å². The molecule has 2 rings (SSSR count). The second-order valence-electron chi connectivity index (χ2n) is 4.28. The van der Waals surface area contributed by atoms with E-state index in [1.54, 1.807) is 7.11 Å². The SMILES string of the molecule is COc1ccc(CNc2ccc(Br)cc2Br)cc1C. The van der Waals surface area contributed by atoms with Crippen molar-refractivity contribution in [3.8, 4) is 5.75 Å². The Labute approximate surface area is 130 Å². The molecule has 0 unspecified atom stereocenters. The van der Waals surface area contributed by atoms with Gasteiger partial charge in [-0.05, 0) is 58.2 Å². The Hall–Kier alpha value is -1.000. The van der Waals surface area contributed by atoms with Crippen LogP contribution < -0.4 is 10.1 Å². The molecule has 19 heavy (non-hydrogen) atoms. The predicted molar refractivity (Wildman–Crippen MR) is 86.9 cm³/mol. The van der Waals surface area contributed by atoms with Gasteiger partial charge in [0.1, 0.15) is 5.75 Å². The molecule has 100 valence electrons.